The lowest BCUT2D eigenvalue weighted by molar-refractivity contribution is 0.286. The van der Waals surface area contributed by atoms with E-state index in [1.807, 2.05) is 0 Å². The molecule has 1 aromatic heterocycles. The fourth-order valence-electron chi connectivity index (χ4n) is 2.53. The third-order valence-electron chi connectivity index (χ3n) is 3.55. The van der Waals surface area contributed by atoms with Crippen molar-refractivity contribution in [3.8, 4) is 11.6 Å². The van der Waals surface area contributed by atoms with Crippen LogP contribution in [0.3, 0.4) is 0 Å². The number of methoxy groups -OCH3 is 2. The first-order valence-electron chi connectivity index (χ1n) is 6.07. The van der Waals surface area contributed by atoms with Gasteiger partial charge in [0.2, 0.25) is 5.88 Å². The summed E-state index contributed by atoms with van der Waals surface area (Å²) >= 11 is 0. The van der Waals surface area contributed by atoms with Gasteiger partial charge in [-0.25, -0.2) is 4.98 Å². The molecule has 1 fully saturated rings. The number of nitrogens with zero attached hydrogens (tertiary/aromatic N) is 1. The summed E-state index contributed by atoms with van der Waals surface area (Å²) in [6.07, 6.45) is 7.40. The molecule has 1 aliphatic carbocycles. The van der Waals surface area contributed by atoms with Crippen molar-refractivity contribution in [2.75, 3.05) is 14.2 Å². The molecule has 1 aliphatic rings. The third kappa shape index (κ3) is 2.36. The molecule has 0 bridgehead atoms. The predicted molar refractivity (Wildman–Crippen MR) is 66.3 cm³/mol. The zero-order chi connectivity index (χ0) is 12.3. The summed E-state index contributed by atoms with van der Waals surface area (Å²) in [5, 5.41) is 0. The van der Waals surface area contributed by atoms with Gasteiger partial charge in [-0.15, -0.1) is 0 Å². The maximum absolute atomic E-state index is 6.49. The van der Waals surface area contributed by atoms with E-state index in [1.54, 1.807) is 26.5 Å². The second-order valence-electron chi connectivity index (χ2n) is 4.64. The molecular formula is C13H20N2O2. The molecule has 4 nitrogen and oxygen atoms in total. The van der Waals surface area contributed by atoms with E-state index in [4.69, 9.17) is 15.2 Å². The van der Waals surface area contributed by atoms with Gasteiger partial charge >= 0.3 is 0 Å². The maximum atomic E-state index is 6.49. The normalized spacial score (nSPS) is 18.8. The van der Waals surface area contributed by atoms with Crippen molar-refractivity contribution in [3.63, 3.8) is 0 Å². The van der Waals surface area contributed by atoms with Crippen molar-refractivity contribution in [1.82, 2.24) is 4.98 Å². The van der Waals surface area contributed by atoms with Crippen molar-refractivity contribution >= 4 is 0 Å². The minimum Gasteiger partial charge on any atom is -0.496 e. The second kappa shape index (κ2) is 4.92. The van der Waals surface area contributed by atoms with Crippen LogP contribution >= 0.6 is 0 Å². The van der Waals surface area contributed by atoms with Gasteiger partial charge in [0.05, 0.1) is 14.2 Å². The van der Waals surface area contributed by atoms with E-state index >= 15 is 0 Å². The largest absolute Gasteiger partial charge is 0.496 e. The number of aromatic nitrogens is 1. The smallest absolute Gasteiger partial charge is 0.216 e. The Labute approximate surface area is 102 Å². The van der Waals surface area contributed by atoms with E-state index in [2.05, 4.69) is 4.98 Å². The summed E-state index contributed by atoms with van der Waals surface area (Å²) in [5.74, 6) is 1.34. The van der Waals surface area contributed by atoms with Gasteiger partial charge in [0.15, 0.2) is 0 Å². The number of nitrogens with two attached hydrogens (primary N) is 1. The zero-order valence-corrected chi connectivity index (χ0v) is 10.5. The fraction of sp³-hybridized carbons (Fsp3) is 0.615. The Morgan fingerprint density at radius 1 is 1.18 bits per heavy atom. The first-order valence-corrected chi connectivity index (χ1v) is 6.07. The van der Waals surface area contributed by atoms with Crippen LogP contribution in [0.1, 0.15) is 37.7 Å². The fourth-order valence-corrected chi connectivity index (χ4v) is 2.53. The summed E-state index contributed by atoms with van der Waals surface area (Å²) in [5.41, 5.74) is 7.20. The summed E-state index contributed by atoms with van der Waals surface area (Å²) in [6, 6.07) is 1.80. The summed E-state index contributed by atoms with van der Waals surface area (Å²) in [6.45, 7) is 0. The molecule has 0 saturated heterocycles. The van der Waals surface area contributed by atoms with Crippen molar-refractivity contribution < 1.29 is 9.47 Å². The number of pyridine rings is 1. The zero-order valence-electron chi connectivity index (χ0n) is 10.5. The molecule has 1 saturated carbocycles. The quantitative estimate of drug-likeness (QED) is 0.874. The van der Waals surface area contributed by atoms with Gasteiger partial charge in [0, 0.05) is 23.4 Å². The highest BCUT2D eigenvalue weighted by Crippen LogP contribution is 2.39. The molecule has 0 unspecified atom stereocenters. The van der Waals surface area contributed by atoms with E-state index in [0.717, 1.165) is 24.2 Å². The lowest BCUT2D eigenvalue weighted by Crippen LogP contribution is -2.39. The SMILES string of the molecule is COc1cc(OC)c(C2(N)CCCCC2)cn1. The van der Waals surface area contributed by atoms with Crippen LogP contribution < -0.4 is 15.2 Å². The molecule has 0 aliphatic heterocycles. The lowest BCUT2D eigenvalue weighted by atomic mass is 9.78. The number of rotatable bonds is 3. The van der Waals surface area contributed by atoms with Crippen LogP contribution in [0.5, 0.6) is 11.6 Å². The average Bonchev–Trinajstić information content (AvgIpc) is 2.38. The van der Waals surface area contributed by atoms with Crippen molar-refractivity contribution in [1.29, 1.82) is 0 Å². The maximum Gasteiger partial charge on any atom is 0.216 e. The number of hydrogen-bond donors (Lipinski definition) is 1. The van der Waals surface area contributed by atoms with Gasteiger partial charge < -0.3 is 15.2 Å². The van der Waals surface area contributed by atoms with E-state index in [1.165, 1.54) is 19.3 Å². The number of ether oxygens (including phenoxy) is 2. The van der Waals surface area contributed by atoms with Crippen LogP contribution in [-0.4, -0.2) is 19.2 Å². The van der Waals surface area contributed by atoms with Gasteiger partial charge in [0.25, 0.3) is 0 Å². The molecule has 1 heterocycles. The Kier molecular flexibility index (Phi) is 3.52. The van der Waals surface area contributed by atoms with Crippen LogP contribution in [0.2, 0.25) is 0 Å². The molecule has 0 spiro atoms. The molecule has 4 heteroatoms. The molecule has 0 amide bonds. The van der Waals surface area contributed by atoms with Gasteiger partial charge in [-0.2, -0.15) is 0 Å². The van der Waals surface area contributed by atoms with Crippen LogP contribution in [0.4, 0.5) is 0 Å². The summed E-state index contributed by atoms with van der Waals surface area (Å²) in [4.78, 5) is 4.24. The van der Waals surface area contributed by atoms with E-state index in [0.29, 0.717) is 5.88 Å². The van der Waals surface area contributed by atoms with Gasteiger partial charge in [-0.3, -0.25) is 0 Å². The predicted octanol–water partition coefficient (Wildman–Crippen LogP) is 2.22. The lowest BCUT2D eigenvalue weighted by Gasteiger charge is -2.34. The van der Waals surface area contributed by atoms with Gasteiger partial charge in [-0.05, 0) is 12.8 Å². The monoisotopic (exact) mass is 236 g/mol. The Balaban J connectivity index is 2.36. The van der Waals surface area contributed by atoms with Crippen molar-refractivity contribution in [2.24, 2.45) is 5.73 Å². The van der Waals surface area contributed by atoms with Crippen molar-refractivity contribution in [3.05, 3.63) is 17.8 Å². The molecule has 0 aromatic carbocycles. The molecule has 1 aromatic rings. The standard InChI is InChI=1S/C13H20N2O2/c1-16-11-8-12(17-2)15-9-10(11)13(14)6-4-3-5-7-13/h8-9H,3-7,14H2,1-2H3. The first-order chi connectivity index (χ1) is 8.19. The minimum absolute atomic E-state index is 0.289. The summed E-state index contributed by atoms with van der Waals surface area (Å²) in [7, 11) is 3.25. The van der Waals surface area contributed by atoms with Crippen molar-refractivity contribution in [2.45, 2.75) is 37.6 Å². The number of hydrogen-bond acceptors (Lipinski definition) is 4. The second-order valence-corrected chi connectivity index (χ2v) is 4.64. The van der Waals surface area contributed by atoms with Crippen LogP contribution in [0.25, 0.3) is 0 Å². The third-order valence-corrected chi connectivity index (χ3v) is 3.55. The Hall–Kier alpha value is -1.29. The molecule has 94 valence electrons. The molecule has 0 radical (unpaired) electrons. The van der Waals surface area contributed by atoms with Gasteiger partial charge in [-0.1, -0.05) is 19.3 Å². The Morgan fingerprint density at radius 3 is 2.47 bits per heavy atom. The molecule has 0 atom stereocenters. The van der Waals surface area contributed by atoms with E-state index in [-0.39, 0.29) is 5.54 Å². The topological polar surface area (TPSA) is 57.4 Å². The highest BCUT2D eigenvalue weighted by atomic mass is 16.5. The van der Waals surface area contributed by atoms with Crippen LogP contribution in [0.15, 0.2) is 12.3 Å². The first kappa shape index (κ1) is 12.2. The van der Waals surface area contributed by atoms with E-state index < -0.39 is 0 Å². The Bertz CT molecular complexity index is 387. The highest BCUT2D eigenvalue weighted by molar-refractivity contribution is 5.40. The molecule has 2 N–H and O–H groups in total. The van der Waals surface area contributed by atoms with E-state index in [9.17, 15) is 0 Å². The van der Waals surface area contributed by atoms with Crippen LogP contribution in [-0.2, 0) is 5.54 Å². The van der Waals surface area contributed by atoms with Gasteiger partial charge in [0.1, 0.15) is 5.75 Å². The molecule has 17 heavy (non-hydrogen) atoms. The highest BCUT2D eigenvalue weighted by Gasteiger charge is 2.32. The van der Waals surface area contributed by atoms with Crippen LogP contribution in [0, 0.1) is 0 Å². The average molecular weight is 236 g/mol. The summed E-state index contributed by atoms with van der Waals surface area (Å²) < 4.78 is 10.5. The Morgan fingerprint density at radius 2 is 1.88 bits per heavy atom. The molecular weight excluding hydrogens is 216 g/mol. The minimum atomic E-state index is -0.289. The molecule has 2 rings (SSSR count).